The fourth-order valence-electron chi connectivity index (χ4n) is 10.2. The summed E-state index contributed by atoms with van der Waals surface area (Å²) in [5.41, 5.74) is 26.7. The van der Waals surface area contributed by atoms with Crippen molar-refractivity contribution in [2.24, 2.45) is 34.1 Å². The van der Waals surface area contributed by atoms with Crippen molar-refractivity contribution in [1.29, 1.82) is 0 Å². The average Bonchev–Trinajstić information content (AvgIpc) is 3.33. The van der Waals surface area contributed by atoms with E-state index in [4.69, 9.17) is 4.11 Å². The summed E-state index contributed by atoms with van der Waals surface area (Å²) in [5.74, 6) is 0.695. The summed E-state index contributed by atoms with van der Waals surface area (Å²) in [4.78, 5) is 0. The molecule has 0 aliphatic rings. The molecule has 406 valence electrons. The first-order valence-corrected chi connectivity index (χ1v) is 27.8. The van der Waals surface area contributed by atoms with Crippen LogP contribution in [0.15, 0.2) is 140 Å². The number of hydrogen-bond acceptors (Lipinski definition) is 0. The van der Waals surface area contributed by atoms with Gasteiger partial charge in [-0.05, 0) is 161 Å². The second kappa shape index (κ2) is 25.3. The molecule has 8 rings (SSSR count). The maximum atomic E-state index is 7.51. The zero-order valence-corrected chi connectivity index (χ0v) is 51.9. The molecule has 0 radical (unpaired) electrons. The SMILES string of the molecule is Cc1ccc(-c2cc(C)c(CC(C)C)c[n+]2C)c(C)c1.Cc1ccc(-c2ccc(C(C)(C)C)c[n+]2C)c(C)c1.Cc1ccccc1-c1cc(C)c(C(C)(C)C)c[n+]1C.[2H]C([2H])([2H])c1ccc(-c2ccc(C(C)(C)C)c[n+]2C)c(C)c1. The molecule has 0 saturated heterocycles. The molecule has 0 spiro atoms. The van der Waals surface area contributed by atoms with Crippen LogP contribution >= 0.6 is 0 Å². The summed E-state index contributed by atoms with van der Waals surface area (Å²) >= 11 is 0. The lowest BCUT2D eigenvalue weighted by atomic mass is 9.84. The predicted octanol–water partition coefficient (Wildman–Crippen LogP) is 16.6. The van der Waals surface area contributed by atoms with E-state index in [2.05, 4.69) is 286 Å². The Labute approximate surface area is 472 Å². The Morgan fingerprint density at radius 1 is 0.377 bits per heavy atom. The van der Waals surface area contributed by atoms with E-state index in [0.29, 0.717) is 11.5 Å². The van der Waals surface area contributed by atoms with Crippen molar-refractivity contribution in [2.45, 2.75) is 161 Å². The van der Waals surface area contributed by atoms with E-state index in [-0.39, 0.29) is 16.2 Å². The number of aromatic nitrogens is 4. The van der Waals surface area contributed by atoms with Gasteiger partial charge in [-0.25, -0.2) is 18.3 Å². The van der Waals surface area contributed by atoms with Crippen LogP contribution in [0.5, 0.6) is 0 Å². The molecule has 4 aromatic carbocycles. The number of pyridine rings is 4. The second-order valence-corrected chi connectivity index (χ2v) is 25.5. The van der Waals surface area contributed by atoms with Gasteiger partial charge < -0.3 is 0 Å². The van der Waals surface area contributed by atoms with E-state index in [9.17, 15) is 0 Å². The Morgan fingerprint density at radius 2 is 0.766 bits per heavy atom. The predicted molar refractivity (Wildman–Crippen MR) is 329 cm³/mol. The van der Waals surface area contributed by atoms with Crippen LogP contribution in [0, 0.1) is 68.2 Å². The zero-order chi connectivity index (χ0) is 60.0. The molecule has 0 aliphatic heterocycles. The maximum absolute atomic E-state index is 7.51. The molecule has 77 heavy (non-hydrogen) atoms. The van der Waals surface area contributed by atoms with Crippen molar-refractivity contribution in [3.05, 3.63) is 212 Å². The fourth-order valence-corrected chi connectivity index (χ4v) is 10.2. The van der Waals surface area contributed by atoms with Crippen LogP contribution in [0.1, 0.15) is 153 Å². The van der Waals surface area contributed by atoms with E-state index in [1.54, 1.807) is 12.1 Å². The quantitative estimate of drug-likeness (QED) is 0.148. The van der Waals surface area contributed by atoms with Crippen molar-refractivity contribution < 1.29 is 22.4 Å². The van der Waals surface area contributed by atoms with Gasteiger partial charge in [0, 0.05) is 72.9 Å². The Hall–Kier alpha value is -6.52. The largest absolute Gasteiger partial charge is 0.212 e. The molecule has 0 fully saturated rings. The van der Waals surface area contributed by atoms with Crippen LogP contribution in [0.4, 0.5) is 0 Å². The lowest BCUT2D eigenvalue weighted by molar-refractivity contribution is -0.661. The second-order valence-electron chi connectivity index (χ2n) is 25.5. The van der Waals surface area contributed by atoms with Gasteiger partial charge in [0.25, 0.3) is 0 Å². The molecule has 0 bridgehead atoms. The summed E-state index contributed by atoms with van der Waals surface area (Å²) in [6.45, 7) is 39.8. The fraction of sp³-hybridized carbons (Fsp3) is 0.397. The Balaban J connectivity index is 0.000000196. The van der Waals surface area contributed by atoms with Crippen molar-refractivity contribution in [3.8, 4) is 45.0 Å². The number of rotatable bonds is 6. The van der Waals surface area contributed by atoms with Crippen LogP contribution in [0.2, 0.25) is 0 Å². The minimum Gasteiger partial charge on any atom is -0.201 e. The maximum Gasteiger partial charge on any atom is 0.212 e. The summed E-state index contributed by atoms with van der Waals surface area (Å²) in [6.07, 6.45) is 10.1. The molecule has 4 nitrogen and oxygen atoms in total. The van der Waals surface area contributed by atoms with Crippen LogP contribution in [-0.4, -0.2) is 0 Å². The standard InChI is InChI=1S/C19H26N.3C18H24N/c1-13(2)9-17-12-20(6)19(11-15(17)4)18-8-7-14(3)10-16(18)5;2*1-13-7-9-16(14(2)11-13)17-10-8-15(12-19(17)6)18(3,4)5;1-13-9-7-8-10-15(13)17-11-14(2)16(12-19(17)6)18(3,4)5/h7-8,10-13H,9H2,1-6H3;3*7-12H,1-6H3/q4*+1/i;1D3;;. The molecule has 0 amide bonds. The minimum atomic E-state index is -2.05. The minimum absolute atomic E-state index is 0.108. The normalized spacial score (nSPS) is 12.3. The van der Waals surface area contributed by atoms with Crippen molar-refractivity contribution in [2.75, 3.05) is 0 Å². The molecular weight excluding hydrogens is 933 g/mol. The van der Waals surface area contributed by atoms with Crippen molar-refractivity contribution in [3.63, 3.8) is 0 Å². The van der Waals surface area contributed by atoms with Gasteiger partial charge in [0.15, 0.2) is 24.8 Å². The van der Waals surface area contributed by atoms with Crippen molar-refractivity contribution in [1.82, 2.24) is 0 Å². The smallest absolute Gasteiger partial charge is 0.201 e. The lowest BCUT2D eigenvalue weighted by Gasteiger charge is -2.20. The van der Waals surface area contributed by atoms with Gasteiger partial charge in [-0.15, -0.1) is 0 Å². The molecule has 4 heteroatoms. The van der Waals surface area contributed by atoms with E-state index >= 15 is 0 Å². The molecule has 0 aliphatic carbocycles. The number of benzene rings is 4. The van der Waals surface area contributed by atoms with Crippen LogP contribution in [0.25, 0.3) is 45.0 Å². The number of aryl methyl sites for hydroxylation is 13. The molecule has 8 aromatic rings. The molecule has 4 heterocycles. The van der Waals surface area contributed by atoms with E-state index in [1.165, 1.54) is 95.0 Å². The van der Waals surface area contributed by atoms with E-state index < -0.39 is 6.85 Å². The third-order valence-corrected chi connectivity index (χ3v) is 14.7. The van der Waals surface area contributed by atoms with Crippen LogP contribution < -0.4 is 18.3 Å². The van der Waals surface area contributed by atoms with E-state index in [0.717, 1.165) is 23.2 Å². The van der Waals surface area contributed by atoms with Gasteiger partial charge >= 0.3 is 0 Å². The molecule has 0 atom stereocenters. The first-order chi connectivity index (χ1) is 37.0. The highest BCUT2D eigenvalue weighted by atomic mass is 14.9. The number of hydrogen-bond donors (Lipinski definition) is 0. The van der Waals surface area contributed by atoms with Gasteiger partial charge in [0.05, 0.1) is 0 Å². The summed E-state index contributed by atoms with van der Waals surface area (Å²) in [7, 11) is 8.44. The molecular formula is C73H98N4+4. The van der Waals surface area contributed by atoms with Crippen LogP contribution in [0.3, 0.4) is 0 Å². The zero-order valence-electron chi connectivity index (χ0n) is 54.9. The highest BCUT2D eigenvalue weighted by molar-refractivity contribution is 5.64. The molecule has 4 aromatic heterocycles. The van der Waals surface area contributed by atoms with Gasteiger partial charge in [0.1, 0.15) is 28.2 Å². The third-order valence-electron chi connectivity index (χ3n) is 14.7. The lowest BCUT2D eigenvalue weighted by Crippen LogP contribution is -2.34. The Bertz CT molecular complexity index is 3390. The third kappa shape index (κ3) is 16.3. The van der Waals surface area contributed by atoms with Gasteiger partial charge in [-0.2, -0.15) is 0 Å². The van der Waals surface area contributed by atoms with Gasteiger partial charge in [-0.3, -0.25) is 0 Å². The molecule has 0 saturated carbocycles. The highest BCUT2D eigenvalue weighted by Gasteiger charge is 2.24. The van der Waals surface area contributed by atoms with Gasteiger partial charge in [-0.1, -0.05) is 147 Å². The van der Waals surface area contributed by atoms with Crippen LogP contribution in [-0.2, 0) is 50.9 Å². The Morgan fingerprint density at radius 3 is 1.17 bits per heavy atom. The topological polar surface area (TPSA) is 15.5 Å². The molecule has 0 unspecified atom stereocenters. The first-order valence-electron chi connectivity index (χ1n) is 29.3. The van der Waals surface area contributed by atoms with Gasteiger partial charge in [0.2, 0.25) is 22.8 Å². The summed E-state index contributed by atoms with van der Waals surface area (Å²) in [5, 5.41) is 0. The van der Waals surface area contributed by atoms with E-state index in [1.807, 2.05) is 20.0 Å². The first kappa shape index (κ1) is 56.7. The summed E-state index contributed by atoms with van der Waals surface area (Å²) in [6, 6.07) is 40.6. The van der Waals surface area contributed by atoms with Crippen molar-refractivity contribution >= 4 is 0 Å². The molecule has 0 N–H and O–H groups in total. The number of nitrogens with zero attached hydrogens (tertiary/aromatic N) is 4. The summed E-state index contributed by atoms with van der Waals surface area (Å²) < 4.78 is 31.4. The highest BCUT2D eigenvalue weighted by Crippen LogP contribution is 2.30. The average molecular weight is 1030 g/mol. The monoisotopic (exact) mass is 1030 g/mol. The Kier molecular flexibility index (Phi) is 18.6.